The standard InChI is InChI=1S/C15H16N4O2/c1-2-13-14(20)18-7-8-19(13)15(21)10-3-4-11-12(9-10)17-6-5-16-11/h3-6,9,13H,2,7-8H2,1H3,(H,18,20)/t13-/m1/s1. The van der Waals surface area contributed by atoms with Gasteiger partial charge in [-0.25, -0.2) is 0 Å². The van der Waals surface area contributed by atoms with Gasteiger partial charge >= 0.3 is 0 Å². The van der Waals surface area contributed by atoms with Crippen LogP contribution in [0.3, 0.4) is 0 Å². The van der Waals surface area contributed by atoms with Crippen molar-refractivity contribution in [1.82, 2.24) is 20.2 Å². The first-order valence-corrected chi connectivity index (χ1v) is 7.00. The Morgan fingerprint density at radius 1 is 1.33 bits per heavy atom. The van der Waals surface area contributed by atoms with Crippen molar-refractivity contribution in [3.05, 3.63) is 36.2 Å². The number of aromatic nitrogens is 2. The van der Waals surface area contributed by atoms with Gasteiger partial charge in [0.05, 0.1) is 11.0 Å². The van der Waals surface area contributed by atoms with Crippen molar-refractivity contribution >= 4 is 22.8 Å². The number of benzene rings is 1. The maximum atomic E-state index is 12.7. The highest BCUT2D eigenvalue weighted by Crippen LogP contribution is 2.16. The SMILES string of the molecule is CC[C@@H]1C(=O)NCCN1C(=O)c1ccc2nccnc2c1. The molecule has 2 aromatic rings. The second-order valence-corrected chi connectivity index (χ2v) is 4.97. The van der Waals surface area contributed by atoms with Gasteiger partial charge in [0.2, 0.25) is 5.91 Å². The van der Waals surface area contributed by atoms with Gasteiger partial charge in [0, 0.05) is 31.0 Å². The first kappa shape index (κ1) is 13.5. The fourth-order valence-electron chi connectivity index (χ4n) is 2.63. The highest BCUT2D eigenvalue weighted by Gasteiger charge is 2.32. The van der Waals surface area contributed by atoms with E-state index in [1.54, 1.807) is 35.5 Å². The topological polar surface area (TPSA) is 75.2 Å². The van der Waals surface area contributed by atoms with Crippen molar-refractivity contribution in [1.29, 1.82) is 0 Å². The predicted octanol–water partition coefficient (Wildman–Crippen LogP) is 0.980. The summed E-state index contributed by atoms with van der Waals surface area (Å²) in [5, 5.41) is 2.79. The molecule has 2 amide bonds. The van der Waals surface area contributed by atoms with E-state index in [1.165, 1.54) is 0 Å². The van der Waals surface area contributed by atoms with Crippen LogP contribution >= 0.6 is 0 Å². The minimum Gasteiger partial charge on any atom is -0.353 e. The number of fused-ring (bicyclic) bond motifs is 1. The Hall–Kier alpha value is -2.50. The van der Waals surface area contributed by atoms with E-state index in [2.05, 4.69) is 15.3 Å². The molecule has 1 fully saturated rings. The number of hydrogen-bond acceptors (Lipinski definition) is 4. The summed E-state index contributed by atoms with van der Waals surface area (Å²) in [7, 11) is 0. The summed E-state index contributed by atoms with van der Waals surface area (Å²) in [6.45, 7) is 2.93. The summed E-state index contributed by atoms with van der Waals surface area (Å²) >= 11 is 0. The number of piperazine rings is 1. The third kappa shape index (κ3) is 2.44. The average Bonchev–Trinajstić information content (AvgIpc) is 2.53. The molecule has 1 atom stereocenters. The van der Waals surface area contributed by atoms with Crippen LogP contribution in [0.2, 0.25) is 0 Å². The van der Waals surface area contributed by atoms with Gasteiger partial charge in [0.1, 0.15) is 6.04 Å². The zero-order valence-corrected chi connectivity index (χ0v) is 11.7. The van der Waals surface area contributed by atoms with Crippen LogP contribution in [0.25, 0.3) is 11.0 Å². The Labute approximate surface area is 122 Å². The monoisotopic (exact) mass is 284 g/mol. The average molecular weight is 284 g/mol. The van der Waals surface area contributed by atoms with Gasteiger partial charge in [-0.15, -0.1) is 0 Å². The summed E-state index contributed by atoms with van der Waals surface area (Å²) in [5.74, 6) is -0.220. The molecule has 0 aliphatic carbocycles. The molecule has 1 saturated heterocycles. The summed E-state index contributed by atoms with van der Waals surface area (Å²) in [4.78, 5) is 34.5. The van der Waals surface area contributed by atoms with Crippen LogP contribution < -0.4 is 5.32 Å². The lowest BCUT2D eigenvalue weighted by Crippen LogP contribution is -2.56. The predicted molar refractivity (Wildman–Crippen MR) is 77.7 cm³/mol. The van der Waals surface area contributed by atoms with Crippen molar-refractivity contribution in [3.8, 4) is 0 Å². The van der Waals surface area contributed by atoms with Crippen molar-refractivity contribution < 1.29 is 9.59 Å². The largest absolute Gasteiger partial charge is 0.353 e. The Kier molecular flexibility index (Phi) is 3.51. The van der Waals surface area contributed by atoms with Crippen molar-refractivity contribution in [2.75, 3.05) is 13.1 Å². The lowest BCUT2D eigenvalue weighted by atomic mass is 10.1. The number of nitrogens with one attached hydrogen (secondary N) is 1. The number of hydrogen-bond donors (Lipinski definition) is 1. The van der Waals surface area contributed by atoms with E-state index in [-0.39, 0.29) is 11.8 Å². The van der Waals surface area contributed by atoms with Gasteiger partial charge in [-0.05, 0) is 24.6 Å². The van der Waals surface area contributed by atoms with Crippen LogP contribution in [0.4, 0.5) is 0 Å². The highest BCUT2D eigenvalue weighted by molar-refractivity contribution is 6.00. The lowest BCUT2D eigenvalue weighted by Gasteiger charge is -2.34. The van der Waals surface area contributed by atoms with E-state index in [0.29, 0.717) is 30.6 Å². The normalized spacial score (nSPS) is 18.6. The first-order chi connectivity index (χ1) is 10.2. The van der Waals surface area contributed by atoms with Crippen LogP contribution in [0.5, 0.6) is 0 Å². The quantitative estimate of drug-likeness (QED) is 0.892. The first-order valence-electron chi connectivity index (χ1n) is 7.00. The minimum absolute atomic E-state index is 0.0855. The molecule has 1 aliphatic rings. The van der Waals surface area contributed by atoms with Gasteiger partial charge < -0.3 is 10.2 Å². The zero-order chi connectivity index (χ0) is 14.8. The molecule has 6 heteroatoms. The lowest BCUT2D eigenvalue weighted by molar-refractivity contribution is -0.127. The molecule has 2 heterocycles. The molecule has 0 unspecified atom stereocenters. The summed E-state index contributed by atoms with van der Waals surface area (Å²) in [6, 6.07) is 4.84. The molecule has 0 radical (unpaired) electrons. The van der Waals surface area contributed by atoms with E-state index in [9.17, 15) is 9.59 Å². The van der Waals surface area contributed by atoms with Gasteiger partial charge in [0.15, 0.2) is 0 Å². The molecule has 108 valence electrons. The molecule has 6 nitrogen and oxygen atoms in total. The fourth-order valence-corrected chi connectivity index (χ4v) is 2.63. The van der Waals surface area contributed by atoms with Gasteiger partial charge in [-0.2, -0.15) is 0 Å². The second-order valence-electron chi connectivity index (χ2n) is 4.97. The molecule has 3 rings (SSSR count). The Morgan fingerprint density at radius 2 is 2.10 bits per heavy atom. The van der Waals surface area contributed by atoms with Crippen molar-refractivity contribution in [2.24, 2.45) is 0 Å². The molecule has 1 aliphatic heterocycles. The van der Waals surface area contributed by atoms with Crippen LogP contribution in [0.15, 0.2) is 30.6 Å². The Balaban J connectivity index is 1.93. The smallest absolute Gasteiger partial charge is 0.254 e. The van der Waals surface area contributed by atoms with Crippen molar-refractivity contribution in [3.63, 3.8) is 0 Å². The molecule has 1 N–H and O–H groups in total. The highest BCUT2D eigenvalue weighted by atomic mass is 16.2. The third-order valence-corrected chi connectivity index (χ3v) is 3.69. The number of carbonyl (C=O) groups excluding carboxylic acids is 2. The third-order valence-electron chi connectivity index (χ3n) is 3.69. The summed E-state index contributed by atoms with van der Waals surface area (Å²) in [6.07, 6.45) is 3.82. The second kappa shape index (κ2) is 5.47. The van der Waals surface area contributed by atoms with Crippen molar-refractivity contribution in [2.45, 2.75) is 19.4 Å². The minimum atomic E-state index is -0.399. The molecule has 1 aromatic heterocycles. The molecular formula is C15H16N4O2. The molecule has 0 saturated carbocycles. The molecule has 0 bridgehead atoms. The van der Waals surface area contributed by atoms with Gasteiger partial charge in [-0.1, -0.05) is 6.92 Å². The van der Waals surface area contributed by atoms with E-state index in [1.807, 2.05) is 6.92 Å². The van der Waals surface area contributed by atoms with E-state index in [4.69, 9.17) is 0 Å². The fraction of sp³-hybridized carbons (Fsp3) is 0.333. The molecular weight excluding hydrogens is 268 g/mol. The van der Waals surface area contributed by atoms with Crippen LogP contribution in [0, 0.1) is 0 Å². The van der Waals surface area contributed by atoms with Crippen LogP contribution in [-0.2, 0) is 4.79 Å². The molecule has 1 aromatic carbocycles. The summed E-state index contributed by atoms with van der Waals surface area (Å²) in [5.41, 5.74) is 1.96. The summed E-state index contributed by atoms with van der Waals surface area (Å²) < 4.78 is 0. The van der Waals surface area contributed by atoms with Gasteiger partial charge in [-0.3, -0.25) is 19.6 Å². The van der Waals surface area contributed by atoms with Crippen LogP contribution in [0.1, 0.15) is 23.7 Å². The zero-order valence-electron chi connectivity index (χ0n) is 11.7. The number of amides is 2. The molecule has 21 heavy (non-hydrogen) atoms. The van der Waals surface area contributed by atoms with E-state index in [0.717, 1.165) is 5.52 Å². The maximum absolute atomic E-state index is 12.7. The Bertz CT molecular complexity index is 701. The maximum Gasteiger partial charge on any atom is 0.254 e. The van der Waals surface area contributed by atoms with Gasteiger partial charge in [0.25, 0.3) is 5.91 Å². The van der Waals surface area contributed by atoms with E-state index < -0.39 is 6.04 Å². The number of rotatable bonds is 2. The Morgan fingerprint density at radius 3 is 2.86 bits per heavy atom. The molecule has 0 spiro atoms. The number of nitrogens with zero attached hydrogens (tertiary/aromatic N) is 3. The number of carbonyl (C=O) groups is 2. The van der Waals surface area contributed by atoms with E-state index >= 15 is 0 Å². The van der Waals surface area contributed by atoms with Crippen LogP contribution in [-0.4, -0.2) is 45.8 Å².